The Morgan fingerprint density at radius 2 is 1.93 bits per heavy atom. The lowest BCUT2D eigenvalue weighted by Crippen LogP contribution is -2.10. The van der Waals surface area contributed by atoms with Crippen LogP contribution >= 0.6 is 0 Å². The molecule has 0 bridgehead atoms. The Morgan fingerprint density at radius 1 is 1.36 bits per heavy atom. The zero-order chi connectivity index (χ0) is 10.1. The van der Waals surface area contributed by atoms with Crippen molar-refractivity contribution in [2.24, 2.45) is 0 Å². The maximum Gasteiger partial charge on any atom is 0.181 e. The third-order valence-electron chi connectivity index (χ3n) is 2.49. The van der Waals surface area contributed by atoms with Gasteiger partial charge in [0.1, 0.15) is 5.75 Å². The fourth-order valence-corrected chi connectivity index (χ4v) is 1.47. The molecule has 1 aromatic carbocycles. The lowest BCUT2D eigenvalue weighted by atomic mass is 10.1. The minimum absolute atomic E-state index is 0.0170. The Hall–Kier alpha value is -1.35. The molecule has 0 unspecified atom stereocenters. The third kappa shape index (κ3) is 1.63. The second-order valence-corrected chi connectivity index (χ2v) is 3.53. The molecule has 3 nitrogen and oxygen atoms in total. The van der Waals surface area contributed by atoms with Gasteiger partial charge < -0.3 is 10.1 Å². The molecule has 1 heterocycles. The first-order chi connectivity index (χ1) is 6.72. The highest BCUT2D eigenvalue weighted by molar-refractivity contribution is 6.02. The van der Waals surface area contributed by atoms with Crippen LogP contribution in [0.3, 0.4) is 0 Å². The Kier molecular flexibility index (Phi) is 2.25. The van der Waals surface area contributed by atoms with Gasteiger partial charge in [0.15, 0.2) is 5.78 Å². The van der Waals surface area contributed by atoms with Gasteiger partial charge in [0.25, 0.3) is 0 Å². The summed E-state index contributed by atoms with van der Waals surface area (Å²) < 4.78 is 5.02. The van der Waals surface area contributed by atoms with E-state index in [1.165, 1.54) is 0 Å². The molecule has 0 saturated carbocycles. The van der Waals surface area contributed by atoms with Crippen LogP contribution in [0.15, 0.2) is 24.3 Å². The molecule has 0 aliphatic carbocycles. The van der Waals surface area contributed by atoms with Crippen LogP contribution in [0.5, 0.6) is 5.75 Å². The average Bonchev–Trinajstić information content (AvgIpc) is 2.95. The van der Waals surface area contributed by atoms with Crippen LogP contribution in [-0.4, -0.2) is 25.0 Å². The molecule has 2 atom stereocenters. The monoisotopic (exact) mass is 191 g/mol. The molecule has 1 fully saturated rings. The molecule has 1 N–H and O–H groups in total. The molecular formula is C11H13NO2. The van der Waals surface area contributed by atoms with Gasteiger partial charge in [0.05, 0.1) is 13.2 Å². The minimum atomic E-state index is 0.0170. The van der Waals surface area contributed by atoms with Crippen molar-refractivity contribution >= 4 is 5.78 Å². The van der Waals surface area contributed by atoms with E-state index in [0.717, 1.165) is 11.3 Å². The van der Waals surface area contributed by atoms with Crippen molar-refractivity contribution in [3.05, 3.63) is 29.8 Å². The summed E-state index contributed by atoms with van der Waals surface area (Å²) in [7, 11) is 1.61. The molecule has 1 saturated heterocycles. The number of rotatable bonds is 3. The molecule has 0 spiro atoms. The number of Topliss-reactive ketones (excluding diaryl/α,β-unsaturated/α-hetero) is 1. The van der Waals surface area contributed by atoms with Crippen LogP contribution in [0.4, 0.5) is 0 Å². The highest BCUT2D eigenvalue weighted by atomic mass is 16.5. The van der Waals surface area contributed by atoms with Crippen molar-refractivity contribution in [1.29, 1.82) is 0 Å². The molecule has 2 rings (SSSR count). The SMILES string of the molecule is COc1ccc(C(=O)[C@@H]2N[C@H]2C)cc1. The summed E-state index contributed by atoms with van der Waals surface area (Å²) in [4.78, 5) is 11.7. The van der Waals surface area contributed by atoms with E-state index in [4.69, 9.17) is 4.74 Å². The largest absolute Gasteiger partial charge is 0.497 e. The van der Waals surface area contributed by atoms with Crippen molar-refractivity contribution in [2.75, 3.05) is 7.11 Å². The van der Waals surface area contributed by atoms with E-state index in [1.807, 2.05) is 6.92 Å². The van der Waals surface area contributed by atoms with Crippen molar-refractivity contribution in [2.45, 2.75) is 19.0 Å². The lowest BCUT2D eigenvalue weighted by molar-refractivity contribution is 0.0988. The fourth-order valence-electron chi connectivity index (χ4n) is 1.47. The summed E-state index contributed by atoms with van der Waals surface area (Å²) in [6.07, 6.45) is 0. The van der Waals surface area contributed by atoms with E-state index in [9.17, 15) is 4.79 Å². The maximum absolute atomic E-state index is 11.7. The summed E-state index contributed by atoms with van der Waals surface area (Å²) >= 11 is 0. The van der Waals surface area contributed by atoms with Gasteiger partial charge in [-0.3, -0.25) is 4.79 Å². The fraction of sp³-hybridized carbons (Fsp3) is 0.364. The maximum atomic E-state index is 11.7. The molecule has 0 radical (unpaired) electrons. The van der Waals surface area contributed by atoms with E-state index in [-0.39, 0.29) is 11.8 Å². The Balaban J connectivity index is 2.13. The van der Waals surface area contributed by atoms with Gasteiger partial charge in [0, 0.05) is 11.6 Å². The highest BCUT2D eigenvalue weighted by Crippen LogP contribution is 2.18. The van der Waals surface area contributed by atoms with E-state index < -0.39 is 0 Å². The molecule has 14 heavy (non-hydrogen) atoms. The number of hydrogen-bond acceptors (Lipinski definition) is 3. The zero-order valence-electron chi connectivity index (χ0n) is 8.28. The topological polar surface area (TPSA) is 48.2 Å². The summed E-state index contributed by atoms with van der Waals surface area (Å²) in [5.41, 5.74) is 0.743. The van der Waals surface area contributed by atoms with Crippen LogP contribution in [0, 0.1) is 0 Å². The Morgan fingerprint density at radius 3 is 2.36 bits per heavy atom. The number of ketones is 1. The number of nitrogens with one attached hydrogen (secondary N) is 1. The van der Waals surface area contributed by atoms with E-state index >= 15 is 0 Å². The van der Waals surface area contributed by atoms with Crippen LogP contribution < -0.4 is 10.1 Å². The van der Waals surface area contributed by atoms with Gasteiger partial charge >= 0.3 is 0 Å². The second-order valence-electron chi connectivity index (χ2n) is 3.53. The van der Waals surface area contributed by atoms with Gasteiger partial charge in [-0.25, -0.2) is 0 Å². The number of carbonyl (C=O) groups excluding carboxylic acids is 1. The van der Waals surface area contributed by atoms with Crippen LogP contribution in [0.25, 0.3) is 0 Å². The molecule has 3 heteroatoms. The summed E-state index contributed by atoms with van der Waals surface area (Å²) in [5.74, 6) is 0.943. The first kappa shape index (κ1) is 9.21. The van der Waals surface area contributed by atoms with E-state index in [1.54, 1.807) is 31.4 Å². The quantitative estimate of drug-likeness (QED) is 0.577. The number of ether oxygens (including phenoxy) is 1. The number of hydrogen-bond donors (Lipinski definition) is 1. The first-order valence-corrected chi connectivity index (χ1v) is 4.66. The van der Waals surface area contributed by atoms with Crippen molar-refractivity contribution < 1.29 is 9.53 Å². The Labute approximate surface area is 83.1 Å². The third-order valence-corrected chi connectivity index (χ3v) is 2.49. The first-order valence-electron chi connectivity index (χ1n) is 4.66. The molecule has 0 amide bonds. The van der Waals surface area contributed by atoms with E-state index in [0.29, 0.717) is 6.04 Å². The standard InChI is InChI=1S/C11H13NO2/c1-7-10(12-7)11(13)8-3-5-9(14-2)6-4-8/h3-7,10,12H,1-2H3/t7-,10+/m0/s1. The predicted molar refractivity (Wildman–Crippen MR) is 53.7 cm³/mol. The van der Waals surface area contributed by atoms with Gasteiger partial charge in [-0.1, -0.05) is 0 Å². The van der Waals surface area contributed by atoms with Crippen LogP contribution in [-0.2, 0) is 0 Å². The summed E-state index contributed by atoms with van der Waals surface area (Å²) in [6, 6.07) is 7.55. The normalized spacial score (nSPS) is 24.4. The Bertz CT molecular complexity index is 345. The second kappa shape index (κ2) is 3.42. The summed E-state index contributed by atoms with van der Waals surface area (Å²) in [6.45, 7) is 2.01. The average molecular weight is 191 g/mol. The summed E-state index contributed by atoms with van der Waals surface area (Å²) in [5, 5.41) is 3.08. The lowest BCUT2D eigenvalue weighted by Gasteiger charge is -2.01. The molecule has 74 valence electrons. The van der Waals surface area contributed by atoms with Gasteiger partial charge in [-0.2, -0.15) is 0 Å². The van der Waals surface area contributed by atoms with Crippen molar-refractivity contribution in [1.82, 2.24) is 5.32 Å². The smallest absolute Gasteiger partial charge is 0.181 e. The molecule has 1 aliphatic heterocycles. The van der Waals surface area contributed by atoms with Crippen molar-refractivity contribution in [3.8, 4) is 5.75 Å². The highest BCUT2D eigenvalue weighted by Gasteiger charge is 2.38. The van der Waals surface area contributed by atoms with Crippen molar-refractivity contribution in [3.63, 3.8) is 0 Å². The minimum Gasteiger partial charge on any atom is -0.497 e. The number of methoxy groups -OCH3 is 1. The molecule has 1 aliphatic rings. The predicted octanol–water partition coefficient (Wildman–Crippen LogP) is 1.24. The molecule has 1 aromatic rings. The van der Waals surface area contributed by atoms with Crippen LogP contribution in [0.1, 0.15) is 17.3 Å². The number of benzene rings is 1. The number of carbonyl (C=O) groups is 1. The van der Waals surface area contributed by atoms with Crippen LogP contribution in [0.2, 0.25) is 0 Å². The van der Waals surface area contributed by atoms with E-state index in [2.05, 4.69) is 5.32 Å². The van der Waals surface area contributed by atoms with Gasteiger partial charge in [-0.05, 0) is 31.2 Å². The van der Waals surface area contributed by atoms with Gasteiger partial charge in [0.2, 0.25) is 0 Å². The van der Waals surface area contributed by atoms with Gasteiger partial charge in [-0.15, -0.1) is 0 Å². The molecule has 0 aromatic heterocycles. The zero-order valence-corrected chi connectivity index (χ0v) is 8.28. The molecular weight excluding hydrogens is 178 g/mol.